The molecule has 0 atom stereocenters. The molecular formula is C33H52O4. The molecule has 0 aliphatic rings. The van der Waals surface area contributed by atoms with E-state index in [-0.39, 0.29) is 5.41 Å². The van der Waals surface area contributed by atoms with Gasteiger partial charge < -0.3 is 0 Å². The van der Waals surface area contributed by atoms with Crippen LogP contribution in [0.4, 0.5) is 0 Å². The van der Waals surface area contributed by atoms with Crippen LogP contribution >= 0.6 is 0 Å². The zero-order valence-corrected chi connectivity index (χ0v) is 25.8. The van der Waals surface area contributed by atoms with Gasteiger partial charge in [0.05, 0.1) is 11.2 Å². The topological polar surface area (TPSA) is 36.9 Å². The molecule has 0 saturated carbocycles. The number of unbranched alkanes of at least 4 members (excludes halogenated alkanes) is 1. The third kappa shape index (κ3) is 8.38. The van der Waals surface area contributed by atoms with Crippen molar-refractivity contribution in [2.24, 2.45) is 0 Å². The molecule has 0 radical (unpaired) electrons. The first kappa shape index (κ1) is 31.5. The molecule has 4 nitrogen and oxygen atoms in total. The minimum Gasteiger partial charge on any atom is -0.230 e. The summed E-state index contributed by atoms with van der Waals surface area (Å²) in [4.78, 5) is 24.3. The van der Waals surface area contributed by atoms with Crippen LogP contribution < -0.4 is 0 Å². The summed E-state index contributed by atoms with van der Waals surface area (Å²) in [5.74, 6) is 0. The van der Waals surface area contributed by atoms with Crippen LogP contribution in [0, 0.1) is 0 Å². The fourth-order valence-corrected chi connectivity index (χ4v) is 4.60. The predicted octanol–water partition coefficient (Wildman–Crippen LogP) is 9.32. The molecule has 0 unspecified atom stereocenters. The van der Waals surface area contributed by atoms with E-state index in [9.17, 15) is 0 Å². The largest absolute Gasteiger partial charge is 0.230 e. The van der Waals surface area contributed by atoms with E-state index in [1.165, 1.54) is 16.7 Å². The summed E-state index contributed by atoms with van der Waals surface area (Å²) in [7, 11) is 0. The number of hydrogen-bond acceptors (Lipinski definition) is 4. The summed E-state index contributed by atoms with van der Waals surface area (Å²) in [5.41, 5.74) is 3.29. The van der Waals surface area contributed by atoms with E-state index in [0.29, 0.717) is 0 Å². The molecule has 0 aliphatic carbocycles. The third-order valence-corrected chi connectivity index (χ3v) is 6.46. The van der Waals surface area contributed by atoms with Gasteiger partial charge in [-0.2, -0.15) is 0 Å². The van der Waals surface area contributed by atoms with Crippen LogP contribution in [0.25, 0.3) is 0 Å². The van der Waals surface area contributed by atoms with Crippen LogP contribution in [0.1, 0.15) is 131 Å². The van der Waals surface area contributed by atoms with Crippen molar-refractivity contribution in [3.63, 3.8) is 0 Å². The summed E-state index contributed by atoms with van der Waals surface area (Å²) < 4.78 is 0. The van der Waals surface area contributed by atoms with Crippen molar-refractivity contribution in [1.29, 1.82) is 0 Å². The van der Waals surface area contributed by atoms with Crippen molar-refractivity contribution in [3.8, 4) is 0 Å². The van der Waals surface area contributed by atoms with Crippen LogP contribution in [0.5, 0.6) is 0 Å². The van der Waals surface area contributed by atoms with Crippen molar-refractivity contribution in [1.82, 2.24) is 0 Å². The predicted molar refractivity (Wildman–Crippen MR) is 154 cm³/mol. The maximum Gasteiger partial charge on any atom is 0.123 e. The Morgan fingerprint density at radius 1 is 0.568 bits per heavy atom. The molecule has 2 aromatic rings. The molecule has 2 rings (SSSR count). The molecule has 2 aromatic carbocycles. The van der Waals surface area contributed by atoms with E-state index in [4.69, 9.17) is 19.6 Å². The maximum absolute atomic E-state index is 6.28. The molecule has 0 aromatic heterocycles. The number of aryl methyl sites for hydroxylation is 1. The average molecular weight is 513 g/mol. The van der Waals surface area contributed by atoms with Crippen LogP contribution in [0.2, 0.25) is 0 Å². The van der Waals surface area contributed by atoms with Gasteiger partial charge in [0, 0.05) is 5.41 Å². The Bertz CT molecular complexity index is 1010. The fraction of sp³-hybridized carbons (Fsp3) is 0.636. The van der Waals surface area contributed by atoms with E-state index < -0.39 is 22.4 Å². The summed E-state index contributed by atoms with van der Waals surface area (Å²) >= 11 is 0. The van der Waals surface area contributed by atoms with Gasteiger partial charge >= 0.3 is 0 Å². The van der Waals surface area contributed by atoms with Gasteiger partial charge in [-0.1, -0.05) is 69.7 Å². The maximum atomic E-state index is 6.28. The van der Waals surface area contributed by atoms with Gasteiger partial charge in [0.25, 0.3) is 0 Å². The lowest BCUT2D eigenvalue weighted by molar-refractivity contribution is -0.403. The highest BCUT2D eigenvalue weighted by atomic mass is 17.2. The van der Waals surface area contributed by atoms with Gasteiger partial charge in [-0.3, -0.25) is 0 Å². The second-order valence-corrected chi connectivity index (χ2v) is 13.7. The molecule has 4 heteroatoms. The van der Waals surface area contributed by atoms with Crippen molar-refractivity contribution in [2.75, 3.05) is 0 Å². The SMILES string of the molecule is CCCCc1ccc(C(C)(C)OOC(C)(C)C)c(C(C)(C)c2ccccc2)c1C(C)(C)OOC(C)(C)C. The molecule has 0 bridgehead atoms. The number of rotatable bonds is 11. The highest BCUT2D eigenvalue weighted by Gasteiger charge is 2.41. The van der Waals surface area contributed by atoms with Crippen molar-refractivity contribution in [2.45, 2.75) is 137 Å². The Balaban J connectivity index is 2.91. The van der Waals surface area contributed by atoms with Gasteiger partial charge in [0.2, 0.25) is 0 Å². The van der Waals surface area contributed by atoms with Gasteiger partial charge in [0.15, 0.2) is 0 Å². The van der Waals surface area contributed by atoms with E-state index in [1.54, 1.807) is 0 Å². The molecule has 0 amide bonds. The van der Waals surface area contributed by atoms with Crippen molar-refractivity contribution >= 4 is 0 Å². The number of hydrogen-bond donors (Lipinski definition) is 0. The monoisotopic (exact) mass is 512 g/mol. The second-order valence-electron chi connectivity index (χ2n) is 13.7. The van der Waals surface area contributed by atoms with Crippen LogP contribution in [-0.4, -0.2) is 11.2 Å². The zero-order chi connectivity index (χ0) is 28.3. The van der Waals surface area contributed by atoms with Crippen molar-refractivity contribution < 1.29 is 19.6 Å². The van der Waals surface area contributed by atoms with Gasteiger partial charge in [-0.25, -0.2) is 19.6 Å². The van der Waals surface area contributed by atoms with Gasteiger partial charge in [-0.15, -0.1) is 0 Å². The molecule has 0 saturated heterocycles. The Morgan fingerprint density at radius 2 is 1.08 bits per heavy atom. The summed E-state index contributed by atoms with van der Waals surface area (Å²) in [6, 6.07) is 15.1. The third-order valence-electron chi connectivity index (χ3n) is 6.46. The van der Waals surface area contributed by atoms with Crippen LogP contribution in [0.15, 0.2) is 42.5 Å². The molecule has 0 aliphatic heterocycles. The summed E-state index contributed by atoms with van der Waals surface area (Å²) in [6.45, 7) is 27.2. The normalized spacial score (nSPS) is 13.8. The highest BCUT2D eigenvalue weighted by Crippen LogP contribution is 2.47. The molecular weight excluding hydrogens is 460 g/mol. The zero-order valence-electron chi connectivity index (χ0n) is 25.8. The lowest BCUT2D eigenvalue weighted by Gasteiger charge is -2.41. The summed E-state index contributed by atoms with van der Waals surface area (Å²) in [6.07, 6.45) is 3.18. The van der Waals surface area contributed by atoms with Crippen molar-refractivity contribution in [3.05, 3.63) is 70.3 Å². The first-order valence-corrected chi connectivity index (χ1v) is 13.8. The Labute approximate surface area is 226 Å². The fourth-order valence-electron chi connectivity index (χ4n) is 4.60. The average Bonchev–Trinajstić information content (AvgIpc) is 2.79. The van der Waals surface area contributed by atoms with E-state index in [1.807, 2.05) is 41.5 Å². The minimum absolute atomic E-state index is 0.348. The van der Waals surface area contributed by atoms with Crippen LogP contribution in [-0.2, 0) is 42.6 Å². The molecule has 0 fully saturated rings. The standard InChI is InChI=1S/C33H52O4/c1-14-15-19-24-22-23-26(32(10,11)36-34-29(2,3)4)28(31(8,9)25-20-17-16-18-21-25)27(24)33(12,13)37-35-30(5,6)7/h16-18,20-23H,14-15,19H2,1-13H3. The van der Waals surface area contributed by atoms with Gasteiger partial charge in [0.1, 0.15) is 11.2 Å². The Kier molecular flexibility index (Phi) is 9.85. The first-order valence-electron chi connectivity index (χ1n) is 13.8. The quantitative estimate of drug-likeness (QED) is 0.222. The van der Waals surface area contributed by atoms with Crippen LogP contribution in [0.3, 0.4) is 0 Å². The molecule has 0 spiro atoms. The molecule has 0 heterocycles. The first-order chi connectivity index (χ1) is 16.8. The van der Waals surface area contributed by atoms with E-state index >= 15 is 0 Å². The molecule has 208 valence electrons. The van der Waals surface area contributed by atoms with E-state index in [0.717, 1.165) is 30.4 Å². The van der Waals surface area contributed by atoms with E-state index in [2.05, 4.69) is 90.9 Å². The number of benzene rings is 2. The second kappa shape index (κ2) is 11.6. The Morgan fingerprint density at radius 3 is 1.57 bits per heavy atom. The summed E-state index contributed by atoms with van der Waals surface area (Å²) in [5, 5.41) is 0. The van der Waals surface area contributed by atoms with Gasteiger partial charge in [-0.05, 0) is 110 Å². The molecule has 0 N–H and O–H groups in total. The highest BCUT2D eigenvalue weighted by molar-refractivity contribution is 5.54. The Hall–Kier alpha value is -1.72. The molecule has 37 heavy (non-hydrogen) atoms. The lowest BCUT2D eigenvalue weighted by atomic mass is 9.68. The minimum atomic E-state index is -0.715. The smallest absolute Gasteiger partial charge is 0.123 e. The lowest BCUT2D eigenvalue weighted by Crippen LogP contribution is -2.37.